The second kappa shape index (κ2) is 6.30. The normalized spacial score (nSPS) is 8.77. The maximum atomic E-state index is 11.5. The Hall–Kier alpha value is -1.23. The highest BCUT2D eigenvalue weighted by Crippen LogP contribution is 1.97. The van der Waals surface area contributed by atoms with Crippen LogP contribution in [0.15, 0.2) is 11.6 Å². The van der Waals surface area contributed by atoms with E-state index in [4.69, 9.17) is 6.42 Å². The maximum absolute atomic E-state index is 11.5. The van der Waals surface area contributed by atoms with Crippen molar-refractivity contribution in [2.75, 3.05) is 13.1 Å². The highest BCUT2D eigenvalue weighted by atomic mass is 16.2. The van der Waals surface area contributed by atoms with Gasteiger partial charge < -0.3 is 4.90 Å². The molecule has 0 aromatic carbocycles. The Morgan fingerprint density at radius 1 is 1.54 bits per heavy atom. The Morgan fingerprint density at radius 2 is 2.15 bits per heavy atom. The minimum atomic E-state index is 0.0137. The first kappa shape index (κ1) is 11.8. The van der Waals surface area contributed by atoms with Crippen molar-refractivity contribution < 1.29 is 4.79 Å². The average Bonchev–Trinajstić information content (AvgIpc) is 2.02. The molecule has 2 nitrogen and oxygen atoms in total. The Bertz CT molecular complexity index is 231. The van der Waals surface area contributed by atoms with E-state index in [1.807, 2.05) is 20.8 Å². The fourth-order valence-electron chi connectivity index (χ4n) is 0.986. The molecule has 0 atom stereocenters. The number of terminal acetylenes is 1. The van der Waals surface area contributed by atoms with Crippen molar-refractivity contribution in [3.8, 4) is 12.3 Å². The van der Waals surface area contributed by atoms with E-state index in [9.17, 15) is 4.79 Å². The van der Waals surface area contributed by atoms with Crippen molar-refractivity contribution in [1.29, 1.82) is 0 Å². The summed E-state index contributed by atoms with van der Waals surface area (Å²) in [6.45, 7) is 6.96. The summed E-state index contributed by atoms with van der Waals surface area (Å²) in [6, 6.07) is 0. The Labute approximate surface area is 80.6 Å². The molecule has 0 heterocycles. The van der Waals surface area contributed by atoms with E-state index < -0.39 is 0 Å². The largest absolute Gasteiger partial charge is 0.328 e. The quantitative estimate of drug-likeness (QED) is 0.476. The molecule has 0 fully saturated rings. The Kier molecular flexibility index (Phi) is 5.71. The molecule has 0 aromatic heterocycles. The number of carbonyl (C=O) groups excluding carboxylic acids is 1. The van der Waals surface area contributed by atoms with E-state index in [1.54, 1.807) is 11.0 Å². The smallest absolute Gasteiger partial charge is 0.247 e. The first-order valence-electron chi connectivity index (χ1n) is 4.49. The molecule has 0 N–H and O–H groups in total. The van der Waals surface area contributed by atoms with Gasteiger partial charge in [-0.2, -0.15) is 0 Å². The summed E-state index contributed by atoms with van der Waals surface area (Å²) in [5, 5.41) is 0. The lowest BCUT2D eigenvalue weighted by Crippen LogP contribution is -2.30. The lowest BCUT2D eigenvalue weighted by atomic mass is 10.3. The number of hydrogen-bond acceptors (Lipinski definition) is 1. The van der Waals surface area contributed by atoms with Crippen LogP contribution in [0.2, 0.25) is 0 Å². The van der Waals surface area contributed by atoms with Gasteiger partial charge in [0.1, 0.15) is 0 Å². The van der Waals surface area contributed by atoms with Gasteiger partial charge in [0.2, 0.25) is 5.91 Å². The van der Waals surface area contributed by atoms with Crippen LogP contribution in [0.25, 0.3) is 0 Å². The number of rotatable bonds is 4. The summed E-state index contributed by atoms with van der Waals surface area (Å²) in [6.07, 6.45) is 7.72. The van der Waals surface area contributed by atoms with E-state index in [0.29, 0.717) is 6.54 Å². The first-order chi connectivity index (χ1) is 6.11. The monoisotopic (exact) mass is 179 g/mol. The number of hydrogen-bond donors (Lipinski definition) is 0. The maximum Gasteiger partial charge on any atom is 0.247 e. The topological polar surface area (TPSA) is 20.3 Å². The fourth-order valence-corrected chi connectivity index (χ4v) is 0.986. The van der Waals surface area contributed by atoms with Crippen LogP contribution >= 0.6 is 0 Å². The molecule has 2 heteroatoms. The molecular weight excluding hydrogens is 162 g/mol. The molecule has 0 saturated heterocycles. The second-order valence-corrected chi connectivity index (χ2v) is 3.19. The molecule has 72 valence electrons. The molecule has 0 aromatic rings. The predicted molar refractivity (Wildman–Crippen MR) is 55.1 cm³/mol. The van der Waals surface area contributed by atoms with E-state index in [1.165, 1.54) is 0 Å². The molecule has 0 saturated carbocycles. The van der Waals surface area contributed by atoms with E-state index in [-0.39, 0.29) is 5.91 Å². The average molecular weight is 179 g/mol. The molecule has 1 amide bonds. The number of carbonyl (C=O) groups is 1. The van der Waals surface area contributed by atoms with Gasteiger partial charge in [0, 0.05) is 12.6 Å². The van der Waals surface area contributed by atoms with Crippen molar-refractivity contribution in [3.05, 3.63) is 11.6 Å². The third-order valence-electron chi connectivity index (χ3n) is 1.50. The number of nitrogens with zero attached hydrogens (tertiary/aromatic N) is 1. The molecule has 0 aliphatic carbocycles. The molecule has 0 aliphatic heterocycles. The lowest BCUT2D eigenvalue weighted by molar-refractivity contribution is -0.125. The van der Waals surface area contributed by atoms with Crippen LogP contribution in [0.3, 0.4) is 0 Å². The number of allylic oxidation sites excluding steroid dienone is 1. The molecule has 0 unspecified atom stereocenters. The van der Waals surface area contributed by atoms with Gasteiger partial charge in [0.25, 0.3) is 0 Å². The highest BCUT2D eigenvalue weighted by molar-refractivity contribution is 5.88. The van der Waals surface area contributed by atoms with Crippen LogP contribution in [0, 0.1) is 12.3 Å². The summed E-state index contributed by atoms with van der Waals surface area (Å²) >= 11 is 0. The van der Waals surface area contributed by atoms with Crippen molar-refractivity contribution >= 4 is 5.91 Å². The first-order valence-corrected chi connectivity index (χ1v) is 4.49. The molecule has 0 spiro atoms. The van der Waals surface area contributed by atoms with Gasteiger partial charge >= 0.3 is 0 Å². The zero-order valence-electron chi connectivity index (χ0n) is 8.63. The van der Waals surface area contributed by atoms with Gasteiger partial charge in [0.05, 0.1) is 6.54 Å². The Morgan fingerprint density at radius 3 is 2.54 bits per heavy atom. The minimum absolute atomic E-state index is 0.0137. The van der Waals surface area contributed by atoms with Gasteiger partial charge in [-0.05, 0) is 20.3 Å². The van der Waals surface area contributed by atoms with Gasteiger partial charge in [-0.3, -0.25) is 4.79 Å². The summed E-state index contributed by atoms with van der Waals surface area (Å²) in [4.78, 5) is 13.2. The van der Waals surface area contributed by atoms with Gasteiger partial charge in [0.15, 0.2) is 0 Å². The molecule has 0 aliphatic rings. The standard InChI is InChI=1S/C11H17NO/c1-5-7-12(8-6-2)11(13)9-10(3)4/h1,9H,6-8H2,2-4H3. The van der Waals surface area contributed by atoms with E-state index in [2.05, 4.69) is 5.92 Å². The van der Waals surface area contributed by atoms with E-state index >= 15 is 0 Å². The fraction of sp³-hybridized carbons (Fsp3) is 0.545. The molecule has 13 heavy (non-hydrogen) atoms. The van der Waals surface area contributed by atoms with Crippen molar-refractivity contribution in [1.82, 2.24) is 4.90 Å². The molecular formula is C11H17NO. The summed E-state index contributed by atoms with van der Waals surface area (Å²) in [5.41, 5.74) is 1.00. The third-order valence-corrected chi connectivity index (χ3v) is 1.50. The molecule has 0 rings (SSSR count). The van der Waals surface area contributed by atoms with E-state index in [0.717, 1.165) is 18.5 Å². The number of amides is 1. The van der Waals surface area contributed by atoms with Crippen LogP contribution in [-0.2, 0) is 4.79 Å². The molecule has 0 radical (unpaired) electrons. The van der Waals surface area contributed by atoms with Gasteiger partial charge in [-0.1, -0.05) is 18.4 Å². The molecule has 0 bridgehead atoms. The summed E-state index contributed by atoms with van der Waals surface area (Å²) in [7, 11) is 0. The second-order valence-electron chi connectivity index (χ2n) is 3.19. The van der Waals surface area contributed by atoms with Crippen LogP contribution in [0.4, 0.5) is 0 Å². The van der Waals surface area contributed by atoms with Crippen molar-refractivity contribution in [2.24, 2.45) is 0 Å². The Balaban J connectivity index is 4.29. The van der Waals surface area contributed by atoms with Gasteiger partial charge in [-0.15, -0.1) is 6.42 Å². The third kappa shape index (κ3) is 5.08. The highest BCUT2D eigenvalue weighted by Gasteiger charge is 2.07. The lowest BCUT2D eigenvalue weighted by Gasteiger charge is -2.17. The van der Waals surface area contributed by atoms with Crippen molar-refractivity contribution in [3.63, 3.8) is 0 Å². The zero-order valence-corrected chi connectivity index (χ0v) is 8.63. The summed E-state index contributed by atoms with van der Waals surface area (Å²) in [5.74, 6) is 2.50. The minimum Gasteiger partial charge on any atom is -0.328 e. The summed E-state index contributed by atoms with van der Waals surface area (Å²) < 4.78 is 0. The SMILES string of the molecule is C#CCN(CCC)C(=O)C=C(C)C. The van der Waals surface area contributed by atoms with Crippen molar-refractivity contribution in [2.45, 2.75) is 27.2 Å². The van der Waals surface area contributed by atoms with Crippen LogP contribution < -0.4 is 0 Å². The van der Waals surface area contributed by atoms with Crippen LogP contribution in [0.5, 0.6) is 0 Å². The zero-order chi connectivity index (χ0) is 10.3. The van der Waals surface area contributed by atoms with Gasteiger partial charge in [-0.25, -0.2) is 0 Å². The van der Waals surface area contributed by atoms with Crippen LogP contribution in [-0.4, -0.2) is 23.9 Å². The predicted octanol–water partition coefficient (Wildman–Crippen LogP) is 1.82. The van der Waals surface area contributed by atoms with Crippen LogP contribution in [0.1, 0.15) is 27.2 Å².